The van der Waals surface area contributed by atoms with Crippen LogP contribution in [-0.2, 0) is 4.79 Å². The van der Waals surface area contributed by atoms with Crippen LogP contribution >= 0.6 is 0 Å². The normalized spacial score (nSPS) is 30.2. The summed E-state index contributed by atoms with van der Waals surface area (Å²) in [7, 11) is 1.78. The standard InChI is InChI=1S/C18H24N4O/c1-21-16-8-15(7-6-14(16)9-20-17(19)18(21)23)22-10-12-2-3-13(11-22)5-4-12/h6-9,12-13,17H,2-5,10-11,19H2,1H3/t12?,13?,17-/m0/s1. The first-order valence-corrected chi connectivity index (χ1v) is 8.57. The second kappa shape index (κ2) is 5.64. The molecule has 1 saturated carbocycles. The van der Waals surface area contributed by atoms with E-state index in [1.54, 1.807) is 18.2 Å². The maximum Gasteiger partial charge on any atom is 0.266 e. The number of hydrogen-bond donors (Lipinski definition) is 1. The highest BCUT2D eigenvalue weighted by molar-refractivity contribution is 6.05. The summed E-state index contributed by atoms with van der Waals surface area (Å²) in [5.41, 5.74) is 8.87. The van der Waals surface area contributed by atoms with Crippen LogP contribution in [0.1, 0.15) is 31.2 Å². The zero-order valence-corrected chi connectivity index (χ0v) is 13.6. The number of fused-ring (bicyclic) bond motifs is 5. The zero-order chi connectivity index (χ0) is 16.0. The molecular formula is C18H24N4O. The Labute approximate surface area is 137 Å². The van der Waals surface area contributed by atoms with Gasteiger partial charge in [-0.2, -0.15) is 0 Å². The predicted molar refractivity (Wildman–Crippen MR) is 93.1 cm³/mol. The van der Waals surface area contributed by atoms with Crippen LogP contribution in [0.25, 0.3) is 0 Å². The van der Waals surface area contributed by atoms with Crippen molar-refractivity contribution in [2.24, 2.45) is 22.6 Å². The van der Waals surface area contributed by atoms with E-state index in [1.165, 1.54) is 31.4 Å². The summed E-state index contributed by atoms with van der Waals surface area (Å²) in [6.07, 6.45) is 6.39. The average Bonchev–Trinajstić information content (AvgIpc) is 2.95. The van der Waals surface area contributed by atoms with Crippen LogP contribution in [0.4, 0.5) is 11.4 Å². The van der Waals surface area contributed by atoms with Crippen molar-refractivity contribution < 1.29 is 4.79 Å². The van der Waals surface area contributed by atoms with Crippen LogP contribution in [0.5, 0.6) is 0 Å². The molecule has 4 aliphatic rings. The number of rotatable bonds is 1. The number of carbonyl (C=O) groups excluding carboxylic acids is 1. The van der Waals surface area contributed by atoms with Gasteiger partial charge in [-0.05, 0) is 55.7 Å². The fraction of sp³-hybridized carbons (Fsp3) is 0.556. The fourth-order valence-electron chi connectivity index (χ4n) is 4.18. The molecule has 0 unspecified atom stereocenters. The Hall–Kier alpha value is -1.88. The van der Waals surface area contributed by atoms with Crippen molar-refractivity contribution >= 4 is 23.5 Å². The van der Waals surface area contributed by atoms with Gasteiger partial charge in [-0.25, -0.2) is 0 Å². The Morgan fingerprint density at radius 1 is 1.13 bits per heavy atom. The minimum absolute atomic E-state index is 0.159. The number of anilines is 2. The van der Waals surface area contributed by atoms with Gasteiger partial charge >= 0.3 is 0 Å². The third-order valence-electron chi connectivity index (χ3n) is 5.62. The van der Waals surface area contributed by atoms with Crippen LogP contribution in [0, 0.1) is 11.8 Å². The quantitative estimate of drug-likeness (QED) is 0.862. The van der Waals surface area contributed by atoms with Crippen LogP contribution < -0.4 is 15.5 Å². The minimum Gasteiger partial charge on any atom is -0.371 e. The molecule has 2 saturated heterocycles. The second-order valence-corrected chi connectivity index (χ2v) is 7.16. The van der Waals surface area contributed by atoms with Gasteiger partial charge < -0.3 is 15.5 Å². The van der Waals surface area contributed by atoms with E-state index in [-0.39, 0.29) is 5.91 Å². The number of likely N-dealkylation sites (N-methyl/N-ethyl adjacent to an activating group) is 1. The van der Waals surface area contributed by atoms with Gasteiger partial charge in [0.05, 0.1) is 5.69 Å². The molecule has 2 bridgehead atoms. The summed E-state index contributed by atoms with van der Waals surface area (Å²) >= 11 is 0. The third kappa shape index (κ3) is 2.63. The van der Waals surface area contributed by atoms with Crippen molar-refractivity contribution in [3.63, 3.8) is 0 Å². The van der Waals surface area contributed by atoms with Gasteiger partial charge in [-0.3, -0.25) is 9.79 Å². The maximum absolute atomic E-state index is 12.2. The van der Waals surface area contributed by atoms with E-state index in [1.807, 2.05) is 0 Å². The summed E-state index contributed by atoms with van der Waals surface area (Å²) in [5, 5.41) is 0. The average molecular weight is 312 g/mol. The van der Waals surface area contributed by atoms with Crippen molar-refractivity contribution in [3.05, 3.63) is 23.8 Å². The van der Waals surface area contributed by atoms with Gasteiger partial charge in [0, 0.05) is 37.6 Å². The highest BCUT2D eigenvalue weighted by atomic mass is 16.2. The van der Waals surface area contributed by atoms with E-state index in [2.05, 4.69) is 28.1 Å². The van der Waals surface area contributed by atoms with E-state index in [4.69, 9.17) is 5.73 Å². The minimum atomic E-state index is -0.801. The van der Waals surface area contributed by atoms with Crippen molar-refractivity contribution in [1.29, 1.82) is 0 Å². The predicted octanol–water partition coefficient (Wildman–Crippen LogP) is 1.99. The van der Waals surface area contributed by atoms with Crippen LogP contribution in [0.3, 0.4) is 0 Å². The van der Waals surface area contributed by atoms with Crippen molar-refractivity contribution in [2.45, 2.75) is 31.8 Å². The second-order valence-electron chi connectivity index (χ2n) is 7.16. The summed E-state index contributed by atoms with van der Waals surface area (Å²) in [5.74, 6) is 1.48. The van der Waals surface area contributed by atoms with Crippen molar-refractivity contribution in [3.8, 4) is 0 Å². The first-order chi connectivity index (χ1) is 11.1. The van der Waals surface area contributed by atoms with Gasteiger partial charge in [-0.1, -0.05) is 0 Å². The van der Waals surface area contributed by atoms with Crippen LogP contribution in [-0.4, -0.2) is 38.4 Å². The van der Waals surface area contributed by atoms with E-state index in [9.17, 15) is 4.79 Å². The molecule has 5 nitrogen and oxygen atoms in total. The molecule has 1 amide bonds. The lowest BCUT2D eigenvalue weighted by Crippen LogP contribution is -2.39. The number of amides is 1. The number of benzodiazepines with no additional fused rings is 1. The van der Waals surface area contributed by atoms with E-state index >= 15 is 0 Å². The Kier molecular flexibility index (Phi) is 3.60. The number of aliphatic imine (C=N–C) groups is 1. The third-order valence-corrected chi connectivity index (χ3v) is 5.62. The van der Waals surface area contributed by atoms with E-state index in [0.29, 0.717) is 0 Å². The molecule has 1 aromatic carbocycles. The topological polar surface area (TPSA) is 61.9 Å². The molecule has 5 rings (SSSR count). The summed E-state index contributed by atoms with van der Waals surface area (Å²) in [4.78, 5) is 20.5. The number of benzene rings is 1. The molecule has 5 heteroatoms. The smallest absolute Gasteiger partial charge is 0.266 e. The van der Waals surface area contributed by atoms with Crippen molar-refractivity contribution in [2.75, 3.05) is 29.9 Å². The Bertz CT molecular complexity index is 634. The molecule has 3 aliphatic heterocycles. The van der Waals surface area contributed by atoms with Crippen molar-refractivity contribution in [1.82, 2.24) is 0 Å². The fourth-order valence-corrected chi connectivity index (χ4v) is 4.18. The maximum atomic E-state index is 12.2. The molecular weight excluding hydrogens is 288 g/mol. The Balaban J connectivity index is 1.67. The molecule has 3 fully saturated rings. The van der Waals surface area contributed by atoms with Gasteiger partial charge in [0.15, 0.2) is 6.17 Å². The molecule has 1 atom stereocenters. The Morgan fingerprint density at radius 3 is 2.43 bits per heavy atom. The van der Waals surface area contributed by atoms with E-state index in [0.717, 1.165) is 36.2 Å². The number of nitrogens with zero attached hydrogens (tertiary/aromatic N) is 3. The molecule has 0 spiro atoms. The summed E-state index contributed by atoms with van der Waals surface area (Å²) in [6.45, 7) is 2.28. The molecule has 1 aliphatic carbocycles. The highest BCUT2D eigenvalue weighted by Crippen LogP contribution is 2.37. The highest BCUT2D eigenvalue weighted by Gasteiger charge is 2.30. The monoisotopic (exact) mass is 312 g/mol. The molecule has 0 radical (unpaired) electrons. The zero-order valence-electron chi connectivity index (χ0n) is 13.6. The molecule has 122 valence electrons. The number of carbonyl (C=O) groups is 1. The van der Waals surface area contributed by atoms with Crippen LogP contribution in [0.15, 0.2) is 23.2 Å². The first kappa shape index (κ1) is 14.7. The lowest BCUT2D eigenvalue weighted by Gasteiger charge is -2.27. The number of nitrogens with two attached hydrogens (primary N) is 1. The summed E-state index contributed by atoms with van der Waals surface area (Å²) < 4.78 is 0. The van der Waals surface area contributed by atoms with Gasteiger partial charge in [-0.15, -0.1) is 0 Å². The lowest BCUT2D eigenvalue weighted by molar-refractivity contribution is -0.119. The summed E-state index contributed by atoms with van der Waals surface area (Å²) in [6, 6.07) is 6.34. The number of hydrogen-bond acceptors (Lipinski definition) is 4. The molecule has 3 heterocycles. The van der Waals surface area contributed by atoms with Gasteiger partial charge in [0.1, 0.15) is 0 Å². The first-order valence-electron chi connectivity index (χ1n) is 8.57. The Morgan fingerprint density at radius 2 is 1.78 bits per heavy atom. The van der Waals surface area contributed by atoms with Gasteiger partial charge in [0.2, 0.25) is 0 Å². The lowest BCUT2D eigenvalue weighted by atomic mass is 9.84. The molecule has 23 heavy (non-hydrogen) atoms. The van der Waals surface area contributed by atoms with E-state index < -0.39 is 6.17 Å². The molecule has 0 aromatic heterocycles. The van der Waals surface area contributed by atoms with Crippen LogP contribution in [0.2, 0.25) is 0 Å². The molecule has 1 aromatic rings. The SMILES string of the molecule is CN1C(=O)[C@@H](N)N=Cc2ccc(N3CC4CCC(CC4)C3)cc21. The van der Waals surface area contributed by atoms with Gasteiger partial charge in [0.25, 0.3) is 5.91 Å². The molecule has 2 N–H and O–H groups in total. The largest absolute Gasteiger partial charge is 0.371 e.